The standard InChI is InChI=1S/C16H22N4O/c1-12(2)16(3,10-17)19-15(21)13-4-6-14(7-5-13)20-9-8-18-11-20/h4-9,11-12H,10,17H2,1-3H3,(H,19,21). The topological polar surface area (TPSA) is 72.9 Å². The molecule has 0 spiro atoms. The van der Waals surface area contributed by atoms with Gasteiger partial charge in [-0.05, 0) is 37.1 Å². The lowest BCUT2D eigenvalue weighted by atomic mass is 9.88. The highest BCUT2D eigenvalue weighted by Crippen LogP contribution is 2.16. The summed E-state index contributed by atoms with van der Waals surface area (Å²) in [6.07, 6.45) is 5.30. The molecule has 5 heteroatoms. The van der Waals surface area contributed by atoms with Gasteiger partial charge in [-0.2, -0.15) is 0 Å². The summed E-state index contributed by atoms with van der Waals surface area (Å²) < 4.78 is 1.89. The molecular formula is C16H22N4O. The second-order valence-corrected chi connectivity index (χ2v) is 5.75. The van der Waals surface area contributed by atoms with E-state index in [0.717, 1.165) is 5.69 Å². The molecule has 2 aromatic rings. The number of hydrogen-bond donors (Lipinski definition) is 2. The first-order valence-corrected chi connectivity index (χ1v) is 7.07. The van der Waals surface area contributed by atoms with Gasteiger partial charge in [0, 0.05) is 30.2 Å². The van der Waals surface area contributed by atoms with Crippen molar-refractivity contribution in [3.63, 3.8) is 0 Å². The predicted octanol–water partition coefficient (Wildman–Crippen LogP) is 1.98. The smallest absolute Gasteiger partial charge is 0.251 e. The van der Waals surface area contributed by atoms with Crippen LogP contribution in [0.5, 0.6) is 0 Å². The zero-order valence-electron chi connectivity index (χ0n) is 12.7. The normalized spacial score (nSPS) is 14.0. The minimum absolute atomic E-state index is 0.103. The van der Waals surface area contributed by atoms with Crippen molar-refractivity contribution in [1.29, 1.82) is 0 Å². The van der Waals surface area contributed by atoms with Gasteiger partial charge in [0.15, 0.2) is 0 Å². The Bertz CT molecular complexity index is 589. The Morgan fingerprint density at radius 2 is 2.05 bits per heavy atom. The molecule has 0 fully saturated rings. The van der Waals surface area contributed by atoms with Crippen LogP contribution in [0.4, 0.5) is 0 Å². The molecule has 1 unspecified atom stereocenters. The lowest BCUT2D eigenvalue weighted by molar-refractivity contribution is 0.0883. The molecule has 0 saturated heterocycles. The van der Waals surface area contributed by atoms with Gasteiger partial charge in [0.05, 0.1) is 11.9 Å². The van der Waals surface area contributed by atoms with Crippen LogP contribution in [0.2, 0.25) is 0 Å². The Kier molecular flexibility index (Phi) is 4.43. The third kappa shape index (κ3) is 3.31. The van der Waals surface area contributed by atoms with Crippen molar-refractivity contribution in [1.82, 2.24) is 14.9 Å². The van der Waals surface area contributed by atoms with Crippen LogP contribution >= 0.6 is 0 Å². The average Bonchev–Trinajstić information content (AvgIpc) is 3.01. The van der Waals surface area contributed by atoms with Crippen molar-refractivity contribution in [2.75, 3.05) is 6.54 Å². The van der Waals surface area contributed by atoms with Gasteiger partial charge in [0.2, 0.25) is 0 Å². The molecule has 112 valence electrons. The van der Waals surface area contributed by atoms with Gasteiger partial charge < -0.3 is 15.6 Å². The Morgan fingerprint density at radius 3 is 2.52 bits per heavy atom. The van der Waals surface area contributed by atoms with Gasteiger partial charge in [-0.1, -0.05) is 13.8 Å². The third-order valence-electron chi connectivity index (χ3n) is 4.03. The summed E-state index contributed by atoms with van der Waals surface area (Å²) >= 11 is 0. The van der Waals surface area contributed by atoms with Crippen LogP contribution in [0.3, 0.4) is 0 Å². The van der Waals surface area contributed by atoms with Crippen molar-refractivity contribution in [2.45, 2.75) is 26.3 Å². The van der Waals surface area contributed by atoms with E-state index in [0.29, 0.717) is 12.1 Å². The van der Waals surface area contributed by atoms with E-state index in [9.17, 15) is 4.79 Å². The molecule has 3 N–H and O–H groups in total. The summed E-state index contributed by atoms with van der Waals surface area (Å²) in [5.41, 5.74) is 6.99. The molecule has 0 radical (unpaired) electrons. The van der Waals surface area contributed by atoms with Crippen molar-refractivity contribution in [3.05, 3.63) is 48.5 Å². The largest absolute Gasteiger partial charge is 0.345 e. The molecule has 0 aliphatic rings. The van der Waals surface area contributed by atoms with Gasteiger partial charge in [-0.25, -0.2) is 4.98 Å². The summed E-state index contributed by atoms with van der Waals surface area (Å²) in [6.45, 7) is 6.48. The monoisotopic (exact) mass is 286 g/mol. The Hall–Kier alpha value is -2.14. The molecule has 0 bridgehead atoms. The number of amides is 1. The fourth-order valence-corrected chi connectivity index (χ4v) is 1.96. The molecular weight excluding hydrogens is 264 g/mol. The average molecular weight is 286 g/mol. The van der Waals surface area contributed by atoms with Crippen molar-refractivity contribution in [2.24, 2.45) is 11.7 Å². The van der Waals surface area contributed by atoms with Crippen LogP contribution in [0.1, 0.15) is 31.1 Å². The van der Waals surface area contributed by atoms with E-state index >= 15 is 0 Å². The second-order valence-electron chi connectivity index (χ2n) is 5.75. The summed E-state index contributed by atoms with van der Waals surface area (Å²) in [6, 6.07) is 7.40. The first-order chi connectivity index (χ1) is 9.96. The highest BCUT2D eigenvalue weighted by atomic mass is 16.1. The van der Waals surface area contributed by atoms with E-state index in [1.54, 1.807) is 12.5 Å². The number of rotatable bonds is 5. The van der Waals surface area contributed by atoms with E-state index in [4.69, 9.17) is 5.73 Å². The van der Waals surface area contributed by atoms with E-state index in [1.165, 1.54) is 0 Å². The first kappa shape index (κ1) is 15.3. The number of aromatic nitrogens is 2. The number of imidazole rings is 1. The molecule has 0 aliphatic heterocycles. The minimum atomic E-state index is -0.403. The van der Waals surface area contributed by atoms with Gasteiger partial charge in [-0.15, -0.1) is 0 Å². The van der Waals surface area contributed by atoms with Gasteiger partial charge in [0.1, 0.15) is 0 Å². The SMILES string of the molecule is CC(C)C(C)(CN)NC(=O)c1ccc(-n2ccnc2)cc1. The molecule has 1 amide bonds. The molecule has 2 rings (SSSR count). The molecule has 5 nitrogen and oxygen atoms in total. The van der Waals surface area contributed by atoms with Crippen LogP contribution in [-0.2, 0) is 0 Å². The summed E-state index contributed by atoms with van der Waals surface area (Å²) in [4.78, 5) is 16.3. The number of carbonyl (C=O) groups excluding carboxylic acids is 1. The quantitative estimate of drug-likeness (QED) is 0.882. The minimum Gasteiger partial charge on any atom is -0.345 e. The number of benzene rings is 1. The third-order valence-corrected chi connectivity index (χ3v) is 4.03. The summed E-state index contributed by atoms with van der Waals surface area (Å²) in [7, 11) is 0. The zero-order chi connectivity index (χ0) is 15.5. The Labute approximate surface area is 125 Å². The van der Waals surface area contributed by atoms with Gasteiger partial charge in [0.25, 0.3) is 5.91 Å². The lowest BCUT2D eigenvalue weighted by Gasteiger charge is -2.33. The van der Waals surface area contributed by atoms with Crippen molar-refractivity contribution < 1.29 is 4.79 Å². The van der Waals surface area contributed by atoms with E-state index in [1.807, 2.05) is 42.0 Å². The number of nitrogens with one attached hydrogen (secondary N) is 1. The fourth-order valence-electron chi connectivity index (χ4n) is 1.96. The molecule has 1 heterocycles. The molecule has 1 aromatic heterocycles. The zero-order valence-corrected chi connectivity index (χ0v) is 12.7. The number of carbonyl (C=O) groups is 1. The van der Waals surface area contributed by atoms with Gasteiger partial charge in [-0.3, -0.25) is 4.79 Å². The highest BCUT2D eigenvalue weighted by Gasteiger charge is 2.28. The van der Waals surface area contributed by atoms with Gasteiger partial charge >= 0.3 is 0 Å². The Balaban J connectivity index is 2.13. The maximum absolute atomic E-state index is 12.3. The summed E-state index contributed by atoms with van der Waals surface area (Å²) in [5.74, 6) is 0.158. The van der Waals surface area contributed by atoms with Crippen molar-refractivity contribution >= 4 is 5.91 Å². The fraction of sp³-hybridized carbons (Fsp3) is 0.375. The number of hydrogen-bond acceptors (Lipinski definition) is 3. The van der Waals surface area contributed by atoms with E-state index in [-0.39, 0.29) is 11.8 Å². The molecule has 1 aromatic carbocycles. The van der Waals surface area contributed by atoms with Crippen LogP contribution < -0.4 is 11.1 Å². The summed E-state index contributed by atoms with van der Waals surface area (Å²) in [5, 5.41) is 3.03. The van der Waals surface area contributed by atoms with Crippen LogP contribution in [0.15, 0.2) is 43.0 Å². The van der Waals surface area contributed by atoms with Crippen LogP contribution in [0, 0.1) is 5.92 Å². The first-order valence-electron chi connectivity index (χ1n) is 7.07. The number of nitrogens with two attached hydrogens (primary N) is 1. The van der Waals surface area contributed by atoms with Crippen molar-refractivity contribution in [3.8, 4) is 5.69 Å². The predicted molar refractivity (Wildman–Crippen MR) is 83.3 cm³/mol. The second kappa shape index (κ2) is 6.10. The molecule has 1 atom stereocenters. The maximum Gasteiger partial charge on any atom is 0.251 e. The van der Waals surface area contributed by atoms with E-state index in [2.05, 4.69) is 24.1 Å². The van der Waals surface area contributed by atoms with Crippen LogP contribution in [0.25, 0.3) is 5.69 Å². The molecule has 21 heavy (non-hydrogen) atoms. The number of nitrogens with zero attached hydrogens (tertiary/aromatic N) is 2. The Morgan fingerprint density at radius 1 is 1.38 bits per heavy atom. The van der Waals surface area contributed by atoms with Crippen LogP contribution in [-0.4, -0.2) is 27.5 Å². The highest BCUT2D eigenvalue weighted by molar-refractivity contribution is 5.94. The van der Waals surface area contributed by atoms with E-state index < -0.39 is 5.54 Å². The maximum atomic E-state index is 12.3. The molecule has 0 saturated carbocycles. The molecule has 0 aliphatic carbocycles. The lowest BCUT2D eigenvalue weighted by Crippen LogP contribution is -2.55.